The van der Waals surface area contributed by atoms with Gasteiger partial charge in [0.2, 0.25) is 0 Å². The number of rotatable bonds is 8. The molecule has 0 heterocycles. The standard InChI is InChI=1S/C23H27.C20H21.2CH3.2ClH.Si.Zr/c1-5-7-17(4)21-14-20-8-6-9-22(23(20)15-21)19-12-10-18(11-13-19)16(2)3;1-4-15-12-18-6-5-7-19(20(18)13-15)17-10-8-16(9-11-17)14(2)3;;;;;;/h6,8-17H,5,7H2,1-4H3;5-14H,4H2,1-3H3;2*1H3;2*1H;;/q4*-1;;;;. The minimum atomic E-state index is 0. The topological polar surface area (TPSA) is 0 Å². The molecule has 0 saturated heterocycles. The number of benzene rings is 4. The van der Waals surface area contributed by atoms with Crippen LogP contribution in [0.25, 0.3) is 43.8 Å². The van der Waals surface area contributed by atoms with Crippen LogP contribution in [0.4, 0.5) is 0 Å². The van der Waals surface area contributed by atoms with Crippen LogP contribution in [-0.4, -0.2) is 6.88 Å². The normalized spacial score (nSPS) is 10.8. The number of halogens is 2. The maximum absolute atomic E-state index is 3.06. The van der Waals surface area contributed by atoms with E-state index in [-0.39, 0.29) is 39.7 Å². The Morgan fingerprint density at radius 2 is 1.02 bits per heavy atom. The van der Waals surface area contributed by atoms with E-state index >= 15 is 0 Å². The molecule has 0 N–H and O–H groups in total. The van der Waals surface area contributed by atoms with Gasteiger partial charge in [-0.1, -0.05) is 127 Å². The van der Waals surface area contributed by atoms with Crippen molar-refractivity contribution < 1.29 is 23.3 Å². The Morgan fingerprint density at radius 1 is 0.592 bits per heavy atom. The van der Waals surface area contributed by atoms with Crippen LogP contribution in [0.5, 0.6) is 0 Å². The van der Waals surface area contributed by atoms with E-state index in [0.717, 1.165) is 6.42 Å². The Kier molecular flexibility index (Phi) is 21.5. The minimum absolute atomic E-state index is 0. The Bertz CT molecular complexity index is 1790. The molecule has 6 rings (SSSR count). The summed E-state index contributed by atoms with van der Waals surface area (Å²) >= 11 is 1.36. The summed E-state index contributed by atoms with van der Waals surface area (Å²) in [6, 6.07) is 40.8. The third-order valence-electron chi connectivity index (χ3n) is 9.06. The Balaban J connectivity index is 0.000000836. The van der Waals surface area contributed by atoms with Gasteiger partial charge in [-0.25, -0.2) is 0 Å². The molecule has 0 aliphatic heterocycles. The molecule has 0 fully saturated rings. The molecule has 0 aliphatic rings. The van der Waals surface area contributed by atoms with E-state index < -0.39 is 0 Å². The van der Waals surface area contributed by atoms with Crippen molar-refractivity contribution in [1.82, 2.24) is 0 Å². The van der Waals surface area contributed by atoms with Crippen molar-refractivity contribution in [2.24, 2.45) is 0 Å². The van der Waals surface area contributed by atoms with Gasteiger partial charge in [0, 0.05) is 0 Å². The van der Waals surface area contributed by atoms with E-state index in [4.69, 9.17) is 0 Å². The number of fused-ring (bicyclic) bond motifs is 2. The van der Waals surface area contributed by atoms with Crippen molar-refractivity contribution in [3.8, 4) is 22.3 Å². The molecule has 2 radical (unpaired) electrons. The first-order chi connectivity index (χ1) is 21.8. The zero-order valence-corrected chi connectivity index (χ0v) is 36.2. The molecule has 1 atom stereocenters. The van der Waals surface area contributed by atoms with Crippen LogP contribution in [-0.2, 0) is 29.8 Å². The van der Waals surface area contributed by atoms with Crippen LogP contribution in [0.15, 0.2) is 109 Å². The van der Waals surface area contributed by atoms with E-state index in [1.165, 1.54) is 102 Å². The van der Waals surface area contributed by atoms with Gasteiger partial charge >= 0.3 is 30.2 Å². The van der Waals surface area contributed by atoms with Crippen LogP contribution in [0.1, 0.15) is 101 Å². The molecule has 1 unspecified atom stereocenters. The second-order valence-corrected chi connectivity index (χ2v) is 12.9. The first-order valence-corrected chi connectivity index (χ1v) is 20.8. The average molecular weight is 787 g/mol. The van der Waals surface area contributed by atoms with Crippen molar-refractivity contribution in [3.63, 3.8) is 0 Å². The summed E-state index contributed by atoms with van der Waals surface area (Å²) in [5.74, 6) is 1.81. The van der Waals surface area contributed by atoms with Gasteiger partial charge in [0.1, 0.15) is 0 Å². The first kappa shape index (κ1) is 46.8. The maximum atomic E-state index is 3.06. The van der Waals surface area contributed by atoms with Gasteiger partial charge < -0.3 is 14.9 Å². The third-order valence-corrected chi connectivity index (χ3v) is 9.06. The van der Waals surface area contributed by atoms with Crippen molar-refractivity contribution in [2.45, 2.75) is 85.5 Å². The Morgan fingerprint density at radius 3 is 1.43 bits per heavy atom. The molecular formula is C45H56Cl2SiZr-4. The molecule has 0 nitrogen and oxygen atoms in total. The fourth-order valence-corrected chi connectivity index (χ4v) is 6.24. The first-order valence-electron chi connectivity index (χ1n) is 16.6. The van der Waals surface area contributed by atoms with Crippen LogP contribution in [0, 0.1) is 14.9 Å². The summed E-state index contributed by atoms with van der Waals surface area (Å²) in [6.07, 6.45) is 3.60. The molecule has 0 spiro atoms. The third kappa shape index (κ3) is 11.7. The molecule has 4 heteroatoms. The van der Waals surface area contributed by atoms with Gasteiger partial charge in [-0.3, -0.25) is 0 Å². The van der Waals surface area contributed by atoms with Crippen molar-refractivity contribution in [2.75, 3.05) is 0 Å². The predicted octanol–water partition coefficient (Wildman–Crippen LogP) is 14.5. The van der Waals surface area contributed by atoms with Crippen LogP contribution in [0.3, 0.4) is 0 Å². The summed E-state index contributed by atoms with van der Waals surface area (Å²) in [6.45, 7) is 18.8. The van der Waals surface area contributed by atoms with Crippen LogP contribution >= 0.6 is 24.8 Å². The SMILES string of the molecule is CCCC(C)c1cc2c(-c3ccc(C(C)C)cc3)cccc2[cH-]1.CCc1cc2c(-c3ccc(C(C)C)cc3)cccc2[cH-]1.Cl.Cl.[CH3-].[CH3-].[Si]=[Zr]. The molecule has 0 amide bonds. The molecule has 0 bridgehead atoms. The number of hydrogen-bond acceptors (Lipinski definition) is 0. The fraction of sp³-hybridized carbons (Fsp3) is 0.289. The summed E-state index contributed by atoms with van der Waals surface area (Å²) < 4.78 is 0. The van der Waals surface area contributed by atoms with E-state index in [9.17, 15) is 0 Å². The zero-order valence-electron chi connectivity index (χ0n) is 31.1. The molecule has 262 valence electrons. The summed E-state index contributed by atoms with van der Waals surface area (Å²) in [5.41, 5.74) is 11.0. The molecule has 0 aliphatic carbocycles. The van der Waals surface area contributed by atoms with E-state index in [0.29, 0.717) is 17.8 Å². The molecule has 0 saturated carbocycles. The van der Waals surface area contributed by atoms with Crippen molar-refractivity contribution in [3.05, 3.63) is 146 Å². The van der Waals surface area contributed by atoms with Gasteiger partial charge in [-0.05, 0) is 52.8 Å². The Hall–Kier alpha value is -2.22. The van der Waals surface area contributed by atoms with Gasteiger partial charge in [-0.15, -0.1) is 93.9 Å². The van der Waals surface area contributed by atoms with E-state index in [2.05, 4.69) is 165 Å². The molecular weight excluding hydrogens is 731 g/mol. The molecule has 6 aromatic carbocycles. The van der Waals surface area contributed by atoms with E-state index in [1.54, 1.807) is 0 Å². The van der Waals surface area contributed by atoms with Crippen LogP contribution in [0.2, 0.25) is 0 Å². The van der Waals surface area contributed by atoms with Gasteiger partial charge in [0.15, 0.2) is 0 Å². The second-order valence-electron chi connectivity index (χ2n) is 12.9. The summed E-state index contributed by atoms with van der Waals surface area (Å²) in [5, 5.41) is 5.49. The van der Waals surface area contributed by atoms with Gasteiger partial charge in [0.25, 0.3) is 0 Å². The second kappa shape index (κ2) is 22.6. The summed E-state index contributed by atoms with van der Waals surface area (Å²) in [7, 11) is 0. The average Bonchev–Trinajstić information content (AvgIpc) is 3.71. The van der Waals surface area contributed by atoms with Crippen molar-refractivity contribution >= 4 is 53.2 Å². The predicted molar refractivity (Wildman–Crippen MR) is 224 cm³/mol. The quantitative estimate of drug-likeness (QED) is 0.106. The molecule has 6 aromatic rings. The number of hydrogen-bond donors (Lipinski definition) is 0. The molecule has 0 aromatic heterocycles. The van der Waals surface area contributed by atoms with Crippen LogP contribution < -0.4 is 0 Å². The molecule has 49 heavy (non-hydrogen) atoms. The Labute approximate surface area is 328 Å². The number of aryl methyl sites for hydroxylation is 1. The van der Waals surface area contributed by atoms with Crippen molar-refractivity contribution in [1.29, 1.82) is 0 Å². The fourth-order valence-electron chi connectivity index (χ4n) is 6.24. The van der Waals surface area contributed by atoms with E-state index in [1.807, 2.05) is 0 Å². The van der Waals surface area contributed by atoms with Gasteiger partial charge in [0.05, 0.1) is 0 Å². The monoisotopic (exact) mass is 784 g/mol. The zero-order chi connectivity index (χ0) is 32.5. The summed E-state index contributed by atoms with van der Waals surface area (Å²) in [4.78, 5) is 0. The van der Waals surface area contributed by atoms with Gasteiger partial charge in [-0.2, -0.15) is 12.1 Å².